The highest BCUT2D eigenvalue weighted by Crippen LogP contribution is 2.28. The number of nitrogens with zero attached hydrogens (tertiary/aromatic N) is 4. The number of piperidine rings is 1. The van der Waals surface area contributed by atoms with E-state index in [1.54, 1.807) is 6.08 Å². The van der Waals surface area contributed by atoms with Crippen molar-refractivity contribution >= 4 is 17.4 Å². The number of aryl methyl sites for hydroxylation is 2. The van der Waals surface area contributed by atoms with Crippen LogP contribution < -0.4 is 5.32 Å². The average Bonchev–Trinajstić information content (AvgIpc) is 2.67. The van der Waals surface area contributed by atoms with Gasteiger partial charge in [-0.3, -0.25) is 9.78 Å². The van der Waals surface area contributed by atoms with Crippen LogP contribution >= 0.6 is 0 Å². The number of aromatic nitrogens is 2. The SMILES string of the molecule is Cc1cccc(Nc2cc(C)nc([C@@H]3CCCN(C(=O)/C=C/CN(C)C)C3)c2)n1. The molecule has 154 valence electrons. The maximum Gasteiger partial charge on any atom is 0.246 e. The van der Waals surface area contributed by atoms with Gasteiger partial charge in [-0.2, -0.15) is 0 Å². The second-order valence-corrected chi connectivity index (χ2v) is 8.00. The summed E-state index contributed by atoms with van der Waals surface area (Å²) in [6.45, 7) is 6.28. The first-order valence-electron chi connectivity index (χ1n) is 10.2. The second-order valence-electron chi connectivity index (χ2n) is 8.00. The number of rotatable bonds is 6. The highest BCUT2D eigenvalue weighted by Gasteiger charge is 2.25. The molecule has 0 bridgehead atoms. The summed E-state index contributed by atoms with van der Waals surface area (Å²) in [5.41, 5.74) is 3.96. The van der Waals surface area contributed by atoms with E-state index in [2.05, 4.69) is 16.4 Å². The zero-order chi connectivity index (χ0) is 20.8. The number of nitrogens with one attached hydrogen (secondary N) is 1. The lowest BCUT2D eigenvalue weighted by molar-refractivity contribution is -0.127. The molecule has 0 radical (unpaired) electrons. The number of hydrogen-bond donors (Lipinski definition) is 1. The Balaban J connectivity index is 1.71. The van der Waals surface area contributed by atoms with Crippen LogP contribution in [0.5, 0.6) is 0 Å². The second kappa shape index (κ2) is 9.65. The highest BCUT2D eigenvalue weighted by molar-refractivity contribution is 5.87. The van der Waals surface area contributed by atoms with E-state index in [0.29, 0.717) is 6.54 Å². The number of carbonyl (C=O) groups is 1. The van der Waals surface area contributed by atoms with Crippen molar-refractivity contribution in [1.82, 2.24) is 19.8 Å². The summed E-state index contributed by atoms with van der Waals surface area (Å²) >= 11 is 0. The van der Waals surface area contributed by atoms with E-state index in [9.17, 15) is 4.79 Å². The van der Waals surface area contributed by atoms with Crippen LogP contribution in [0.3, 0.4) is 0 Å². The minimum Gasteiger partial charge on any atom is -0.340 e. The van der Waals surface area contributed by atoms with Gasteiger partial charge in [0.2, 0.25) is 5.91 Å². The normalized spacial score (nSPS) is 17.1. The summed E-state index contributed by atoms with van der Waals surface area (Å²) in [4.78, 5) is 25.8. The fourth-order valence-corrected chi connectivity index (χ4v) is 3.62. The number of likely N-dealkylation sites (tertiary alicyclic amines) is 1. The van der Waals surface area contributed by atoms with Crippen molar-refractivity contribution in [2.75, 3.05) is 39.0 Å². The van der Waals surface area contributed by atoms with Crippen molar-refractivity contribution in [3.05, 3.63) is 59.6 Å². The predicted molar refractivity (Wildman–Crippen MR) is 117 cm³/mol. The molecule has 0 aliphatic carbocycles. The number of carbonyl (C=O) groups excluding carboxylic acids is 1. The summed E-state index contributed by atoms with van der Waals surface area (Å²) in [7, 11) is 3.99. The van der Waals surface area contributed by atoms with Crippen molar-refractivity contribution < 1.29 is 4.79 Å². The van der Waals surface area contributed by atoms with Crippen LogP contribution in [-0.2, 0) is 4.79 Å². The smallest absolute Gasteiger partial charge is 0.246 e. The molecule has 2 aromatic heterocycles. The molecule has 0 spiro atoms. The third-order valence-electron chi connectivity index (χ3n) is 5.02. The molecular formula is C23H31N5O. The topological polar surface area (TPSA) is 61.4 Å². The summed E-state index contributed by atoms with van der Waals surface area (Å²) < 4.78 is 0. The molecule has 29 heavy (non-hydrogen) atoms. The van der Waals surface area contributed by atoms with Gasteiger partial charge in [0.1, 0.15) is 5.82 Å². The molecule has 0 saturated carbocycles. The first-order chi connectivity index (χ1) is 13.9. The lowest BCUT2D eigenvalue weighted by Gasteiger charge is -2.32. The van der Waals surface area contributed by atoms with Gasteiger partial charge in [0.15, 0.2) is 0 Å². The molecule has 3 rings (SSSR count). The number of amides is 1. The van der Waals surface area contributed by atoms with Gasteiger partial charge in [-0.15, -0.1) is 0 Å². The Bertz CT molecular complexity index is 877. The summed E-state index contributed by atoms with van der Waals surface area (Å²) in [6, 6.07) is 10.1. The van der Waals surface area contributed by atoms with Crippen LogP contribution in [-0.4, -0.2) is 59.4 Å². The van der Waals surface area contributed by atoms with Crippen LogP contribution in [0.4, 0.5) is 11.5 Å². The molecule has 6 nitrogen and oxygen atoms in total. The Morgan fingerprint density at radius 3 is 2.83 bits per heavy atom. The first-order valence-corrected chi connectivity index (χ1v) is 10.2. The third-order valence-corrected chi connectivity index (χ3v) is 5.02. The number of hydrogen-bond acceptors (Lipinski definition) is 5. The van der Waals surface area contributed by atoms with E-state index in [0.717, 1.165) is 54.5 Å². The maximum atomic E-state index is 12.5. The Labute approximate surface area is 173 Å². The van der Waals surface area contributed by atoms with Crippen molar-refractivity contribution in [1.29, 1.82) is 0 Å². The average molecular weight is 394 g/mol. The molecule has 0 unspecified atom stereocenters. The van der Waals surface area contributed by atoms with Gasteiger partial charge in [-0.25, -0.2) is 4.98 Å². The number of pyridine rings is 2. The van der Waals surface area contributed by atoms with Gasteiger partial charge in [0.25, 0.3) is 0 Å². The molecule has 2 aromatic rings. The Morgan fingerprint density at radius 2 is 2.07 bits per heavy atom. The Kier molecular flexibility index (Phi) is 6.99. The minimum atomic E-state index is 0.0894. The van der Waals surface area contributed by atoms with E-state index in [1.807, 2.05) is 68.1 Å². The van der Waals surface area contributed by atoms with Gasteiger partial charge in [0.05, 0.1) is 0 Å². The molecular weight excluding hydrogens is 362 g/mol. The molecule has 0 aromatic carbocycles. The van der Waals surface area contributed by atoms with Crippen molar-refractivity contribution in [3.8, 4) is 0 Å². The third kappa shape index (κ3) is 6.12. The van der Waals surface area contributed by atoms with E-state index in [1.165, 1.54) is 0 Å². The number of likely N-dealkylation sites (N-methyl/N-ethyl adjacent to an activating group) is 1. The summed E-state index contributed by atoms with van der Waals surface area (Å²) in [6.07, 6.45) is 5.66. The van der Waals surface area contributed by atoms with E-state index in [-0.39, 0.29) is 11.8 Å². The summed E-state index contributed by atoms with van der Waals surface area (Å²) in [5, 5.41) is 3.39. The molecule has 1 aliphatic rings. The molecule has 1 atom stereocenters. The molecule has 3 heterocycles. The largest absolute Gasteiger partial charge is 0.340 e. The van der Waals surface area contributed by atoms with Crippen LogP contribution in [0.15, 0.2) is 42.5 Å². The van der Waals surface area contributed by atoms with Crippen molar-refractivity contribution in [2.24, 2.45) is 0 Å². The number of anilines is 2. The zero-order valence-electron chi connectivity index (χ0n) is 17.9. The first kappa shape index (κ1) is 21.0. The van der Waals surface area contributed by atoms with Gasteiger partial charge in [-0.05, 0) is 65.0 Å². The van der Waals surface area contributed by atoms with Crippen molar-refractivity contribution in [3.63, 3.8) is 0 Å². The fraction of sp³-hybridized carbons (Fsp3) is 0.435. The van der Waals surface area contributed by atoms with E-state index >= 15 is 0 Å². The van der Waals surface area contributed by atoms with Crippen LogP contribution in [0.1, 0.15) is 35.8 Å². The fourth-order valence-electron chi connectivity index (χ4n) is 3.62. The van der Waals surface area contributed by atoms with Crippen molar-refractivity contribution in [2.45, 2.75) is 32.6 Å². The molecule has 1 amide bonds. The summed E-state index contributed by atoms with van der Waals surface area (Å²) in [5.74, 6) is 1.17. The molecule has 1 fully saturated rings. The van der Waals surface area contributed by atoms with Gasteiger partial charge >= 0.3 is 0 Å². The predicted octanol–water partition coefficient (Wildman–Crippen LogP) is 3.66. The Hall–Kier alpha value is -2.73. The molecule has 6 heteroatoms. The lowest BCUT2D eigenvalue weighted by atomic mass is 9.93. The quantitative estimate of drug-likeness (QED) is 0.759. The van der Waals surface area contributed by atoms with E-state index in [4.69, 9.17) is 4.98 Å². The maximum absolute atomic E-state index is 12.5. The van der Waals surface area contributed by atoms with Crippen LogP contribution in [0, 0.1) is 13.8 Å². The molecule has 1 aliphatic heterocycles. The lowest BCUT2D eigenvalue weighted by Crippen LogP contribution is -2.38. The zero-order valence-corrected chi connectivity index (χ0v) is 17.9. The Morgan fingerprint density at radius 1 is 1.24 bits per heavy atom. The van der Waals surface area contributed by atoms with Gasteiger partial charge in [-0.1, -0.05) is 12.1 Å². The monoisotopic (exact) mass is 393 g/mol. The minimum absolute atomic E-state index is 0.0894. The van der Waals surface area contributed by atoms with Gasteiger partial charge < -0.3 is 15.1 Å². The van der Waals surface area contributed by atoms with Crippen LogP contribution in [0.2, 0.25) is 0 Å². The van der Waals surface area contributed by atoms with Gasteiger partial charge in [0, 0.05) is 54.4 Å². The molecule has 1 N–H and O–H groups in total. The standard InChI is InChI=1S/C23H31N5O/c1-17-8-5-10-22(25-17)26-20-14-18(2)24-21(15-20)19-9-6-13-28(16-19)23(29)11-7-12-27(3)4/h5,7-8,10-11,14-15,19H,6,9,12-13,16H2,1-4H3,(H,24,25,26)/b11-7+/t19-/m1/s1. The van der Waals surface area contributed by atoms with Crippen LogP contribution in [0.25, 0.3) is 0 Å². The van der Waals surface area contributed by atoms with E-state index < -0.39 is 0 Å². The molecule has 1 saturated heterocycles. The highest BCUT2D eigenvalue weighted by atomic mass is 16.2.